The van der Waals surface area contributed by atoms with Crippen molar-refractivity contribution in [2.24, 2.45) is 5.92 Å². The zero-order chi connectivity index (χ0) is 20.8. The van der Waals surface area contributed by atoms with Crippen molar-refractivity contribution in [1.82, 2.24) is 20.0 Å². The molecule has 0 unspecified atom stereocenters. The highest BCUT2D eigenvalue weighted by atomic mass is 16.5. The van der Waals surface area contributed by atoms with Gasteiger partial charge >= 0.3 is 0 Å². The van der Waals surface area contributed by atoms with E-state index in [1.54, 1.807) is 7.11 Å². The third kappa shape index (κ3) is 6.04. The number of hydrogen-bond acceptors (Lipinski definition) is 5. The molecule has 0 radical (unpaired) electrons. The zero-order valence-electron chi connectivity index (χ0n) is 18.3. The summed E-state index contributed by atoms with van der Waals surface area (Å²) >= 11 is 0. The van der Waals surface area contributed by atoms with Gasteiger partial charge in [-0.2, -0.15) is 5.10 Å². The number of nitrogens with one attached hydrogen (secondary N) is 1. The summed E-state index contributed by atoms with van der Waals surface area (Å²) in [6.45, 7) is 11.5. The molecule has 1 aliphatic heterocycles. The first-order chi connectivity index (χ1) is 14.0. The highest BCUT2D eigenvalue weighted by Gasteiger charge is 2.27. The van der Waals surface area contributed by atoms with Crippen molar-refractivity contribution >= 4 is 0 Å². The third-order valence-electron chi connectivity index (χ3n) is 5.69. The number of nitrogens with zero attached hydrogens (tertiary/aromatic N) is 3. The lowest BCUT2D eigenvalue weighted by atomic mass is 10.0. The Hall–Kier alpha value is -1.89. The van der Waals surface area contributed by atoms with Gasteiger partial charge in [0.25, 0.3) is 0 Å². The van der Waals surface area contributed by atoms with Crippen molar-refractivity contribution in [3.8, 4) is 5.75 Å². The molecule has 29 heavy (non-hydrogen) atoms. The molecule has 2 heterocycles. The van der Waals surface area contributed by atoms with Crippen LogP contribution in [0.3, 0.4) is 0 Å². The highest BCUT2D eigenvalue weighted by Crippen LogP contribution is 2.22. The highest BCUT2D eigenvalue weighted by molar-refractivity contribution is 5.36. The van der Waals surface area contributed by atoms with Crippen LogP contribution in [0.5, 0.6) is 5.75 Å². The minimum absolute atomic E-state index is 0.221. The molecule has 6 nitrogen and oxygen atoms in total. The van der Waals surface area contributed by atoms with Crippen molar-refractivity contribution in [1.29, 1.82) is 0 Å². The van der Waals surface area contributed by atoms with E-state index in [0.717, 1.165) is 57.0 Å². The Morgan fingerprint density at radius 1 is 1.24 bits per heavy atom. The average Bonchev–Trinajstić information content (AvgIpc) is 3.10. The first kappa shape index (κ1) is 21.8. The molecular weight excluding hydrogens is 364 g/mol. The monoisotopic (exact) mass is 400 g/mol. The Labute approximate surface area is 174 Å². The molecule has 2 N–H and O–H groups in total. The molecule has 3 rings (SSSR count). The van der Waals surface area contributed by atoms with Crippen LogP contribution in [0.1, 0.15) is 42.8 Å². The number of methoxy groups -OCH3 is 1. The van der Waals surface area contributed by atoms with Gasteiger partial charge in [0.2, 0.25) is 0 Å². The van der Waals surface area contributed by atoms with Gasteiger partial charge in [-0.3, -0.25) is 14.9 Å². The van der Waals surface area contributed by atoms with Gasteiger partial charge in [-0.1, -0.05) is 26.0 Å². The molecule has 0 amide bonds. The van der Waals surface area contributed by atoms with Crippen LogP contribution in [-0.2, 0) is 19.5 Å². The summed E-state index contributed by atoms with van der Waals surface area (Å²) in [6.07, 6.45) is 1.81. The van der Waals surface area contributed by atoms with Gasteiger partial charge in [0.15, 0.2) is 0 Å². The second-order valence-electron chi connectivity index (χ2n) is 8.66. The number of hydrogen-bond donors (Lipinski definition) is 2. The molecule has 1 atom stereocenters. The van der Waals surface area contributed by atoms with Gasteiger partial charge in [-0.15, -0.1) is 0 Å². The van der Waals surface area contributed by atoms with E-state index in [9.17, 15) is 5.11 Å². The standard InChI is InChI=1S/C23H36N4O2/c1-17(2)11-20-13-21(25-24-20)15-26-8-9-27(22(16-26)7-10-28)14-19-5-6-23(29-4)18(3)12-19/h5-6,12-13,17,22,28H,7-11,14-16H2,1-4H3,(H,24,25)/t22-/m0/s1. The van der Waals surface area contributed by atoms with E-state index in [1.807, 2.05) is 0 Å². The number of aliphatic hydroxyl groups excluding tert-OH is 1. The summed E-state index contributed by atoms with van der Waals surface area (Å²) in [7, 11) is 1.71. The first-order valence-corrected chi connectivity index (χ1v) is 10.7. The van der Waals surface area contributed by atoms with E-state index < -0.39 is 0 Å². The Balaban J connectivity index is 1.60. The van der Waals surface area contributed by atoms with Crippen molar-refractivity contribution in [2.75, 3.05) is 33.4 Å². The summed E-state index contributed by atoms with van der Waals surface area (Å²) in [5, 5.41) is 17.3. The Morgan fingerprint density at radius 2 is 2.07 bits per heavy atom. The average molecular weight is 401 g/mol. The Bertz CT molecular complexity index is 774. The van der Waals surface area contributed by atoms with E-state index in [0.29, 0.717) is 12.0 Å². The predicted octanol–water partition coefficient (Wildman–Crippen LogP) is 2.99. The quantitative estimate of drug-likeness (QED) is 0.677. The van der Waals surface area contributed by atoms with Gasteiger partial charge in [0.05, 0.1) is 12.8 Å². The number of aromatic amines is 1. The fraction of sp³-hybridized carbons (Fsp3) is 0.609. The van der Waals surface area contributed by atoms with Crippen LogP contribution in [-0.4, -0.2) is 64.5 Å². The van der Waals surface area contributed by atoms with Crippen molar-refractivity contribution in [3.05, 3.63) is 46.8 Å². The maximum atomic E-state index is 9.60. The number of aromatic nitrogens is 2. The second-order valence-corrected chi connectivity index (χ2v) is 8.66. The van der Waals surface area contributed by atoms with Gasteiger partial charge in [0, 0.05) is 51.1 Å². The molecule has 1 aliphatic rings. The van der Waals surface area contributed by atoms with Gasteiger partial charge in [-0.25, -0.2) is 0 Å². The lowest BCUT2D eigenvalue weighted by Crippen LogP contribution is -2.52. The molecule has 1 fully saturated rings. The SMILES string of the molecule is COc1ccc(CN2CCN(Cc3cc(CC(C)C)n[nH]3)C[C@@H]2CCO)cc1C. The molecule has 1 aromatic heterocycles. The molecule has 6 heteroatoms. The van der Waals surface area contributed by atoms with Crippen LogP contribution in [0, 0.1) is 12.8 Å². The Morgan fingerprint density at radius 3 is 2.76 bits per heavy atom. The largest absolute Gasteiger partial charge is 0.496 e. The maximum absolute atomic E-state index is 9.60. The Kier molecular flexibility index (Phi) is 7.70. The van der Waals surface area contributed by atoms with E-state index in [2.05, 4.69) is 65.0 Å². The summed E-state index contributed by atoms with van der Waals surface area (Å²) in [5.41, 5.74) is 4.79. The normalized spacial score (nSPS) is 18.5. The van der Waals surface area contributed by atoms with Crippen LogP contribution in [0.4, 0.5) is 0 Å². The van der Waals surface area contributed by atoms with E-state index >= 15 is 0 Å². The number of ether oxygens (including phenoxy) is 1. The number of H-pyrrole nitrogens is 1. The van der Waals surface area contributed by atoms with E-state index in [-0.39, 0.29) is 6.61 Å². The van der Waals surface area contributed by atoms with Crippen molar-refractivity contribution < 1.29 is 9.84 Å². The molecule has 0 saturated carbocycles. The minimum atomic E-state index is 0.221. The third-order valence-corrected chi connectivity index (χ3v) is 5.69. The lowest BCUT2D eigenvalue weighted by molar-refractivity contribution is 0.0494. The second kappa shape index (κ2) is 10.2. The molecule has 0 aliphatic carbocycles. The van der Waals surface area contributed by atoms with Crippen LogP contribution < -0.4 is 4.74 Å². The van der Waals surface area contributed by atoms with Crippen LogP contribution in [0.15, 0.2) is 24.3 Å². The number of piperazine rings is 1. The van der Waals surface area contributed by atoms with Crippen molar-refractivity contribution in [3.63, 3.8) is 0 Å². The molecule has 1 saturated heterocycles. The predicted molar refractivity (Wildman–Crippen MR) is 116 cm³/mol. The summed E-state index contributed by atoms with van der Waals surface area (Å²) in [5.74, 6) is 1.55. The molecular formula is C23H36N4O2. The number of benzene rings is 1. The number of aliphatic hydroxyl groups is 1. The summed E-state index contributed by atoms with van der Waals surface area (Å²) in [6, 6.07) is 8.97. The number of rotatable bonds is 9. The maximum Gasteiger partial charge on any atom is 0.121 e. The minimum Gasteiger partial charge on any atom is -0.496 e. The van der Waals surface area contributed by atoms with E-state index in [4.69, 9.17) is 4.74 Å². The number of aryl methyl sites for hydroxylation is 1. The van der Waals surface area contributed by atoms with Crippen LogP contribution in [0.25, 0.3) is 0 Å². The zero-order valence-corrected chi connectivity index (χ0v) is 18.3. The molecule has 0 spiro atoms. The first-order valence-electron chi connectivity index (χ1n) is 10.7. The smallest absolute Gasteiger partial charge is 0.121 e. The molecule has 160 valence electrons. The topological polar surface area (TPSA) is 64.6 Å². The van der Waals surface area contributed by atoms with Crippen LogP contribution in [0.2, 0.25) is 0 Å². The van der Waals surface area contributed by atoms with E-state index in [1.165, 1.54) is 16.8 Å². The fourth-order valence-electron chi connectivity index (χ4n) is 4.26. The van der Waals surface area contributed by atoms with Gasteiger partial charge in [0.1, 0.15) is 5.75 Å². The molecule has 2 aromatic rings. The lowest BCUT2D eigenvalue weighted by Gasteiger charge is -2.41. The van der Waals surface area contributed by atoms with Crippen LogP contribution >= 0.6 is 0 Å². The van der Waals surface area contributed by atoms with Gasteiger partial charge in [-0.05, 0) is 48.9 Å². The summed E-state index contributed by atoms with van der Waals surface area (Å²) < 4.78 is 5.38. The summed E-state index contributed by atoms with van der Waals surface area (Å²) in [4.78, 5) is 4.98. The van der Waals surface area contributed by atoms with Crippen molar-refractivity contribution in [2.45, 2.75) is 52.7 Å². The molecule has 0 bridgehead atoms. The molecule has 1 aromatic carbocycles. The van der Waals surface area contributed by atoms with Gasteiger partial charge < -0.3 is 9.84 Å². The fourth-order valence-corrected chi connectivity index (χ4v) is 4.26.